The summed E-state index contributed by atoms with van der Waals surface area (Å²) in [5.41, 5.74) is 0. The molecule has 19 heteroatoms. The predicted octanol–water partition coefficient (Wildman–Crippen LogP) is 20.7. The van der Waals surface area contributed by atoms with E-state index in [2.05, 4.69) is 90.2 Å². The van der Waals surface area contributed by atoms with Gasteiger partial charge in [0.1, 0.15) is 19.3 Å². The van der Waals surface area contributed by atoms with Crippen LogP contribution in [0.4, 0.5) is 0 Å². The number of carbonyl (C=O) groups excluding carboxylic acids is 4. The lowest BCUT2D eigenvalue weighted by Crippen LogP contribution is -2.30. The minimum absolute atomic E-state index is 0.0778. The highest BCUT2D eigenvalue weighted by Gasteiger charge is 2.30. The van der Waals surface area contributed by atoms with E-state index in [-0.39, 0.29) is 25.7 Å². The Balaban J connectivity index is 5.32. The van der Waals surface area contributed by atoms with Gasteiger partial charge in [-0.3, -0.25) is 37.3 Å². The molecule has 93 heavy (non-hydrogen) atoms. The molecule has 5 atom stereocenters. The molecule has 0 aromatic rings. The Morgan fingerprint density at radius 2 is 0.581 bits per heavy atom. The van der Waals surface area contributed by atoms with E-state index < -0.39 is 97.5 Å². The highest BCUT2D eigenvalue weighted by Crippen LogP contribution is 2.45. The van der Waals surface area contributed by atoms with E-state index >= 15 is 0 Å². The van der Waals surface area contributed by atoms with Gasteiger partial charge in [-0.25, -0.2) is 9.13 Å². The van der Waals surface area contributed by atoms with Crippen LogP contribution >= 0.6 is 15.6 Å². The first-order valence-electron chi connectivity index (χ1n) is 37.1. The number of phosphoric ester groups is 2. The standard InChI is InChI=1S/C74H136O17P2/c1-7-9-11-13-15-17-19-21-23-25-29-33-37-44-50-56-71(76)84-62-69(90-73(78)58-52-46-38-34-30-26-24-22-20-18-16-14-12-10-8-2)64-88-92(80,81)86-60-68(75)61-87-93(82,83)89-65-70(63-85-72(77)57-51-45-41-40-43-49-55-67(5)6)91-74(79)59-53-47-39-35-31-27-28-32-36-42-48-54-66(3)4/h17-24,66-70,75H,7-16,25-65H2,1-6H3,(H,80,81)(H,82,83)/b19-17-,20-18-,23-21-,24-22-/t68-,69-,70-/m1/s1. The summed E-state index contributed by atoms with van der Waals surface area (Å²) in [4.78, 5) is 72.6. The summed E-state index contributed by atoms with van der Waals surface area (Å²) in [6.45, 7) is 9.35. The molecule has 544 valence electrons. The first-order valence-corrected chi connectivity index (χ1v) is 40.1. The number of allylic oxidation sites excluding steroid dienone is 8. The second kappa shape index (κ2) is 65.0. The molecule has 0 aliphatic heterocycles. The number of hydrogen-bond donors (Lipinski definition) is 3. The lowest BCUT2D eigenvalue weighted by atomic mass is 10.0. The maximum Gasteiger partial charge on any atom is 0.472 e. The third-order valence-corrected chi connectivity index (χ3v) is 17.9. The van der Waals surface area contributed by atoms with Crippen molar-refractivity contribution in [2.75, 3.05) is 39.6 Å². The van der Waals surface area contributed by atoms with Gasteiger partial charge in [0.25, 0.3) is 0 Å². The van der Waals surface area contributed by atoms with Crippen LogP contribution in [0.2, 0.25) is 0 Å². The van der Waals surface area contributed by atoms with Crippen molar-refractivity contribution in [3.05, 3.63) is 48.6 Å². The molecule has 0 heterocycles. The van der Waals surface area contributed by atoms with Gasteiger partial charge < -0.3 is 33.8 Å². The zero-order valence-electron chi connectivity index (χ0n) is 59.5. The predicted molar refractivity (Wildman–Crippen MR) is 376 cm³/mol. The molecule has 17 nitrogen and oxygen atoms in total. The zero-order chi connectivity index (χ0) is 68.6. The van der Waals surface area contributed by atoms with E-state index in [1.807, 2.05) is 0 Å². The Labute approximate surface area is 566 Å². The summed E-state index contributed by atoms with van der Waals surface area (Å²) < 4.78 is 68.3. The van der Waals surface area contributed by atoms with Crippen LogP contribution in [-0.4, -0.2) is 96.7 Å². The average molecular weight is 1360 g/mol. The fraction of sp³-hybridized carbons (Fsp3) is 0.838. The molecule has 0 bridgehead atoms. The summed E-state index contributed by atoms with van der Waals surface area (Å²) in [7, 11) is -9.93. The van der Waals surface area contributed by atoms with Crippen LogP contribution in [0, 0.1) is 11.8 Å². The van der Waals surface area contributed by atoms with Crippen LogP contribution < -0.4 is 0 Å². The molecule has 0 rings (SSSR count). The van der Waals surface area contributed by atoms with E-state index in [0.717, 1.165) is 134 Å². The SMILES string of the molecule is CCCCCC/C=C\C=C/CCCCCCCC(=O)OC[C@H](COP(=O)(O)OC[C@@H](O)COP(=O)(O)OC[C@@H](COC(=O)CCCCCCCCC(C)C)OC(=O)CCCCCCCCCCCCCC(C)C)OC(=O)CCCCCCC/C=C\C=C/CCCCCC. The zero-order valence-corrected chi connectivity index (χ0v) is 61.3. The van der Waals surface area contributed by atoms with Gasteiger partial charge in [-0.1, -0.05) is 276 Å². The van der Waals surface area contributed by atoms with Gasteiger partial charge in [0, 0.05) is 25.7 Å². The number of aliphatic hydroxyl groups is 1. The van der Waals surface area contributed by atoms with Crippen molar-refractivity contribution in [3.8, 4) is 0 Å². The molecule has 2 unspecified atom stereocenters. The Morgan fingerprint density at radius 1 is 0.333 bits per heavy atom. The van der Waals surface area contributed by atoms with E-state index in [9.17, 15) is 43.2 Å². The average Bonchev–Trinajstić information content (AvgIpc) is 1.80. The van der Waals surface area contributed by atoms with E-state index in [0.29, 0.717) is 31.6 Å². The number of ether oxygens (including phenoxy) is 4. The quantitative estimate of drug-likeness (QED) is 0.0169. The number of esters is 4. The van der Waals surface area contributed by atoms with Crippen molar-refractivity contribution >= 4 is 39.5 Å². The lowest BCUT2D eigenvalue weighted by Gasteiger charge is -2.21. The maximum atomic E-state index is 13.0. The van der Waals surface area contributed by atoms with Crippen LogP contribution in [0.25, 0.3) is 0 Å². The van der Waals surface area contributed by atoms with Crippen molar-refractivity contribution in [1.82, 2.24) is 0 Å². The van der Waals surface area contributed by atoms with E-state index in [4.69, 9.17) is 37.0 Å². The van der Waals surface area contributed by atoms with E-state index in [1.54, 1.807) is 0 Å². The number of aliphatic hydroxyl groups excluding tert-OH is 1. The molecule has 0 saturated carbocycles. The van der Waals surface area contributed by atoms with Gasteiger partial charge in [-0.2, -0.15) is 0 Å². The van der Waals surface area contributed by atoms with Crippen LogP contribution in [0.15, 0.2) is 48.6 Å². The van der Waals surface area contributed by atoms with Gasteiger partial charge in [0.2, 0.25) is 0 Å². The smallest absolute Gasteiger partial charge is 0.462 e. The third-order valence-electron chi connectivity index (χ3n) is 16.0. The number of unbranched alkanes of at least 4 members (excludes halogenated alkanes) is 33. The Hall–Kier alpha value is -2.98. The second-order valence-corrected chi connectivity index (χ2v) is 29.2. The lowest BCUT2D eigenvalue weighted by molar-refractivity contribution is -0.161. The fourth-order valence-electron chi connectivity index (χ4n) is 10.2. The molecular weight excluding hydrogens is 1220 g/mol. The summed E-state index contributed by atoms with van der Waals surface area (Å²) in [6, 6.07) is 0. The summed E-state index contributed by atoms with van der Waals surface area (Å²) in [6.07, 6.45) is 57.2. The van der Waals surface area contributed by atoms with Crippen molar-refractivity contribution in [3.63, 3.8) is 0 Å². The molecule has 0 radical (unpaired) electrons. The minimum Gasteiger partial charge on any atom is -0.462 e. The molecule has 0 fully saturated rings. The largest absolute Gasteiger partial charge is 0.472 e. The molecule has 3 N–H and O–H groups in total. The van der Waals surface area contributed by atoms with Gasteiger partial charge in [-0.05, 0) is 88.9 Å². The number of rotatable bonds is 69. The highest BCUT2D eigenvalue weighted by atomic mass is 31.2. The van der Waals surface area contributed by atoms with Crippen LogP contribution in [0.5, 0.6) is 0 Å². The number of carbonyl (C=O) groups is 4. The Morgan fingerprint density at radius 3 is 0.871 bits per heavy atom. The van der Waals surface area contributed by atoms with Crippen LogP contribution in [0.3, 0.4) is 0 Å². The van der Waals surface area contributed by atoms with Crippen LogP contribution in [-0.2, 0) is 65.4 Å². The molecule has 0 aliphatic carbocycles. The Kier molecular flexibility index (Phi) is 62.9. The molecule has 0 spiro atoms. The van der Waals surface area contributed by atoms with Gasteiger partial charge in [-0.15, -0.1) is 0 Å². The van der Waals surface area contributed by atoms with Gasteiger partial charge in [0.05, 0.1) is 26.4 Å². The first kappa shape index (κ1) is 90.0. The second-order valence-electron chi connectivity index (χ2n) is 26.3. The van der Waals surface area contributed by atoms with Crippen molar-refractivity contribution < 1.29 is 80.2 Å². The fourth-order valence-corrected chi connectivity index (χ4v) is 11.8. The molecular formula is C74H136O17P2. The van der Waals surface area contributed by atoms with Crippen molar-refractivity contribution in [1.29, 1.82) is 0 Å². The topological polar surface area (TPSA) is 237 Å². The third kappa shape index (κ3) is 67.4. The number of hydrogen-bond acceptors (Lipinski definition) is 15. The summed E-state index contributed by atoms with van der Waals surface area (Å²) in [5.74, 6) is -0.744. The van der Waals surface area contributed by atoms with Crippen molar-refractivity contribution in [2.24, 2.45) is 11.8 Å². The Bertz CT molecular complexity index is 1990. The molecule has 0 saturated heterocycles. The molecule has 0 amide bonds. The monoisotopic (exact) mass is 1360 g/mol. The summed E-state index contributed by atoms with van der Waals surface area (Å²) in [5, 5.41) is 10.6. The van der Waals surface area contributed by atoms with Crippen molar-refractivity contribution in [2.45, 2.75) is 349 Å². The normalized spacial score (nSPS) is 14.4. The van der Waals surface area contributed by atoms with Crippen LogP contribution in [0.1, 0.15) is 330 Å². The highest BCUT2D eigenvalue weighted by molar-refractivity contribution is 7.47. The number of phosphoric acid groups is 2. The van der Waals surface area contributed by atoms with Gasteiger partial charge >= 0.3 is 39.5 Å². The van der Waals surface area contributed by atoms with Gasteiger partial charge in [0.15, 0.2) is 12.2 Å². The molecule has 0 aliphatic rings. The molecule has 0 aromatic carbocycles. The minimum atomic E-state index is -4.97. The maximum absolute atomic E-state index is 13.0. The summed E-state index contributed by atoms with van der Waals surface area (Å²) >= 11 is 0. The first-order chi connectivity index (χ1) is 44.9. The molecule has 0 aromatic heterocycles. The van der Waals surface area contributed by atoms with E-state index in [1.165, 1.54) is 109 Å².